The van der Waals surface area contributed by atoms with Crippen LogP contribution in [0, 0.1) is 0 Å². The molecule has 0 saturated heterocycles. The van der Waals surface area contributed by atoms with Crippen LogP contribution >= 0.6 is 8.51 Å². The van der Waals surface area contributed by atoms with Crippen molar-refractivity contribution in [3.8, 4) is 0 Å². The fraction of sp³-hybridized carbons (Fsp3) is 0.789. The molecule has 24 heavy (non-hydrogen) atoms. The Bertz CT molecular complexity index is 480. The monoisotopic (exact) mass is 449 g/mol. The van der Waals surface area contributed by atoms with Crippen molar-refractivity contribution in [3.05, 3.63) is 22.3 Å². The third-order valence-corrected chi connectivity index (χ3v) is 9.62. The average molecular weight is 451 g/mol. The third kappa shape index (κ3) is 5.16. The van der Waals surface area contributed by atoms with E-state index >= 15 is 0 Å². The van der Waals surface area contributed by atoms with E-state index in [1.54, 1.807) is 0 Å². The normalized spacial score (nSPS) is 22.7. The summed E-state index contributed by atoms with van der Waals surface area (Å²) in [6.45, 7) is 23.4. The topological polar surface area (TPSA) is 23.5 Å². The van der Waals surface area contributed by atoms with Crippen molar-refractivity contribution in [3.63, 3.8) is 0 Å². The molecular formula is C19H38ClNOSiZr. The maximum atomic E-state index is 11.0. The summed E-state index contributed by atoms with van der Waals surface area (Å²) in [5.74, 6) is 0. The van der Waals surface area contributed by atoms with Gasteiger partial charge >= 0.3 is 35.2 Å². The molecule has 0 heterocycles. The van der Waals surface area contributed by atoms with E-state index in [1.807, 2.05) is 0 Å². The maximum absolute atomic E-state index is 11.0. The Morgan fingerprint density at radius 1 is 1.12 bits per heavy atom. The van der Waals surface area contributed by atoms with Gasteiger partial charge in [0.25, 0.3) is 0 Å². The van der Waals surface area contributed by atoms with Crippen LogP contribution in [0.25, 0.3) is 0 Å². The summed E-state index contributed by atoms with van der Waals surface area (Å²) < 4.78 is 2.06. The molecule has 0 aromatic heterocycles. The summed E-state index contributed by atoms with van der Waals surface area (Å²) in [5.41, 5.74) is 5.50. The van der Waals surface area contributed by atoms with Gasteiger partial charge in [0.2, 0.25) is 0 Å². The Labute approximate surface area is 166 Å². The number of hydrogen-bond acceptors (Lipinski definition) is 2. The Morgan fingerprint density at radius 2 is 1.54 bits per heavy atom. The molecule has 0 spiro atoms. The van der Waals surface area contributed by atoms with Crippen molar-refractivity contribution < 1.29 is 27.1 Å². The molecular weight excluding hydrogens is 413 g/mol. The van der Waals surface area contributed by atoms with Crippen molar-refractivity contribution in [2.45, 2.75) is 77.0 Å². The van der Waals surface area contributed by atoms with Crippen LogP contribution in [-0.4, -0.2) is 43.8 Å². The fourth-order valence-corrected chi connectivity index (χ4v) is 6.28. The standard InChI is InChI=1S/C18H35NOSi.CH3.ClH.Zr/c1-10-19(11-2)12-16(20)17-14(4)13(3)15(5)18(17,6)21(7,8)9;;;/h16,20H,10-12H2,1-9H3;1H3;1H;/q;;;+1/p-1. The molecule has 1 aliphatic carbocycles. The molecule has 0 saturated carbocycles. The van der Waals surface area contributed by atoms with Gasteiger partial charge in [0.1, 0.15) is 0 Å². The molecule has 0 aromatic rings. The molecule has 2 nitrogen and oxygen atoms in total. The zero-order valence-corrected chi connectivity index (χ0v) is 21.7. The average Bonchev–Trinajstić information content (AvgIpc) is 2.67. The molecule has 2 atom stereocenters. The first-order valence-corrected chi connectivity index (χ1v) is 18.1. The summed E-state index contributed by atoms with van der Waals surface area (Å²) in [6.07, 6.45) is -0.353. The molecule has 5 heteroatoms. The molecule has 0 radical (unpaired) electrons. The molecule has 1 rings (SSSR count). The molecule has 1 aliphatic rings. The number of aliphatic hydroxyl groups excluding tert-OH is 1. The van der Waals surface area contributed by atoms with E-state index < -0.39 is 8.07 Å². The number of likely N-dealkylation sites (N-methyl/N-ethyl adjacent to an activating group) is 1. The minimum absolute atomic E-state index is 0.0771. The van der Waals surface area contributed by atoms with E-state index in [1.165, 1.54) is 22.3 Å². The van der Waals surface area contributed by atoms with Crippen molar-refractivity contribution in [2.24, 2.45) is 0 Å². The van der Waals surface area contributed by atoms with Crippen LogP contribution in [0.4, 0.5) is 0 Å². The first-order chi connectivity index (χ1) is 10.9. The summed E-state index contributed by atoms with van der Waals surface area (Å²) >= 11 is -0.298. The molecule has 0 aliphatic heterocycles. The molecule has 0 bridgehead atoms. The quantitative estimate of drug-likeness (QED) is 0.522. The number of allylic oxidation sites excluding steroid dienone is 3. The predicted molar refractivity (Wildman–Crippen MR) is 108 cm³/mol. The number of hydrogen-bond donors (Lipinski definition) is 1. The van der Waals surface area contributed by atoms with Gasteiger partial charge in [-0.15, -0.1) is 0 Å². The number of aliphatic hydroxyl groups is 1. The van der Waals surface area contributed by atoms with Gasteiger partial charge < -0.3 is 10.0 Å². The zero-order valence-electron chi connectivity index (χ0n) is 17.5. The van der Waals surface area contributed by atoms with Crippen molar-refractivity contribution in [1.82, 2.24) is 4.90 Å². The van der Waals surface area contributed by atoms with E-state index in [4.69, 9.17) is 8.51 Å². The zero-order chi connectivity index (χ0) is 19.3. The third-order valence-electron chi connectivity index (χ3n) is 5.98. The van der Waals surface area contributed by atoms with Crippen LogP contribution in [-0.2, 0) is 22.0 Å². The van der Waals surface area contributed by atoms with Gasteiger partial charge in [0.15, 0.2) is 0 Å². The van der Waals surface area contributed by atoms with E-state index in [2.05, 4.69) is 70.7 Å². The van der Waals surface area contributed by atoms with Gasteiger partial charge in [-0.3, -0.25) is 0 Å². The first-order valence-electron chi connectivity index (χ1n) is 9.01. The molecule has 1 N–H and O–H groups in total. The summed E-state index contributed by atoms with van der Waals surface area (Å²) in [7, 11) is 3.68. The number of nitrogens with zero attached hydrogens (tertiary/aromatic N) is 1. The Balaban J connectivity index is 0.00000163. The molecule has 0 aromatic carbocycles. The Morgan fingerprint density at radius 3 is 1.88 bits per heavy atom. The van der Waals surface area contributed by atoms with Crippen LogP contribution in [0.5, 0.6) is 0 Å². The molecule has 0 fully saturated rings. The Hall–Kier alpha value is 0.790. The van der Waals surface area contributed by atoms with Crippen LogP contribution < -0.4 is 0 Å². The van der Waals surface area contributed by atoms with Crippen LogP contribution in [0.3, 0.4) is 0 Å². The number of rotatable bonds is 6. The van der Waals surface area contributed by atoms with Crippen molar-refractivity contribution in [2.75, 3.05) is 19.6 Å². The van der Waals surface area contributed by atoms with E-state index in [9.17, 15) is 5.11 Å². The second-order valence-electron chi connectivity index (χ2n) is 7.85. The van der Waals surface area contributed by atoms with Gasteiger partial charge in [-0.05, 0) is 50.6 Å². The van der Waals surface area contributed by atoms with Gasteiger partial charge in [0.05, 0.1) is 14.2 Å². The summed E-state index contributed by atoms with van der Waals surface area (Å²) in [4.78, 5) is 2.32. The van der Waals surface area contributed by atoms with Crippen LogP contribution in [0.1, 0.15) is 41.5 Å². The van der Waals surface area contributed by atoms with Gasteiger partial charge in [-0.2, -0.15) is 0 Å². The molecule has 0 amide bonds. The molecule has 140 valence electrons. The first kappa shape index (κ1) is 24.8. The van der Waals surface area contributed by atoms with Crippen LogP contribution in [0.2, 0.25) is 29.3 Å². The van der Waals surface area contributed by atoms with Crippen molar-refractivity contribution >= 4 is 16.6 Å². The fourth-order valence-electron chi connectivity index (χ4n) is 3.80. The van der Waals surface area contributed by atoms with Gasteiger partial charge in [-0.25, -0.2) is 0 Å². The SMILES string of the molecule is CCN(CC)CC(O)C1=C(C)C(C)=C(C)C1(C)[Si](C)(C)C.[CH3][Zr][Cl]. The van der Waals surface area contributed by atoms with Crippen LogP contribution in [0.15, 0.2) is 22.3 Å². The van der Waals surface area contributed by atoms with E-state index in [0.717, 1.165) is 19.6 Å². The molecule has 2 unspecified atom stereocenters. The van der Waals surface area contributed by atoms with Gasteiger partial charge in [-0.1, -0.05) is 46.0 Å². The second-order valence-corrected chi connectivity index (χ2v) is 16.5. The van der Waals surface area contributed by atoms with E-state index in [0.29, 0.717) is 0 Å². The van der Waals surface area contributed by atoms with Gasteiger partial charge in [0, 0.05) is 11.6 Å². The van der Waals surface area contributed by atoms with E-state index in [-0.39, 0.29) is 33.2 Å². The second kappa shape index (κ2) is 10.2. The summed E-state index contributed by atoms with van der Waals surface area (Å²) in [5, 5.41) is 11.1. The minimum atomic E-state index is -1.49. The van der Waals surface area contributed by atoms with Crippen molar-refractivity contribution in [1.29, 1.82) is 0 Å². The summed E-state index contributed by atoms with van der Waals surface area (Å²) in [6, 6.07) is 0. The number of halogens is 1. The predicted octanol–water partition coefficient (Wildman–Crippen LogP) is 5.72. The Kier molecular flexibility index (Phi) is 10.5.